The van der Waals surface area contributed by atoms with Crippen molar-refractivity contribution in [2.45, 2.75) is 138 Å². The van der Waals surface area contributed by atoms with Crippen molar-refractivity contribution in [2.24, 2.45) is 23.7 Å². The molecular weight excluding hydrogens is 588 g/mol. The van der Waals surface area contributed by atoms with Crippen LogP contribution in [0.15, 0.2) is 0 Å². The minimum Gasteiger partial charge on any atom is -0.436 e. The molecule has 0 heterocycles. The summed E-state index contributed by atoms with van der Waals surface area (Å²) >= 11 is 0. The van der Waals surface area contributed by atoms with Gasteiger partial charge in [0.05, 0.1) is 50.1 Å². The zero-order chi connectivity index (χ0) is 33.8. The summed E-state index contributed by atoms with van der Waals surface area (Å²) in [5.41, 5.74) is 0. The van der Waals surface area contributed by atoms with E-state index in [4.69, 9.17) is 37.9 Å². The van der Waals surface area contributed by atoms with Gasteiger partial charge in [-0.15, -0.1) is 0 Å². The number of rotatable bonds is 24. The monoisotopic (exact) mass is 646 g/mol. The normalized spacial score (nSPS) is 22.2. The van der Waals surface area contributed by atoms with E-state index in [1.54, 1.807) is 27.7 Å². The van der Waals surface area contributed by atoms with Crippen LogP contribution in [0.1, 0.15) is 113 Å². The third kappa shape index (κ3) is 15.2. The van der Waals surface area contributed by atoms with E-state index in [9.17, 15) is 19.2 Å². The highest BCUT2D eigenvalue weighted by Gasteiger charge is 2.59. The lowest BCUT2D eigenvalue weighted by Gasteiger charge is -2.26. The molecule has 12 nitrogen and oxygen atoms in total. The van der Waals surface area contributed by atoms with Gasteiger partial charge in [0.25, 0.3) is 0 Å². The molecule has 0 aromatic heterocycles. The zero-order valence-corrected chi connectivity index (χ0v) is 28.7. The molecule has 262 valence electrons. The third-order valence-corrected chi connectivity index (χ3v) is 7.44. The van der Waals surface area contributed by atoms with E-state index in [2.05, 4.69) is 0 Å². The van der Waals surface area contributed by atoms with Crippen LogP contribution in [-0.4, -0.2) is 75.5 Å². The molecule has 0 aromatic rings. The highest BCUT2D eigenvalue weighted by Crippen LogP contribution is 2.45. The van der Waals surface area contributed by atoms with Gasteiger partial charge in [-0.25, -0.2) is 0 Å². The van der Waals surface area contributed by atoms with Crippen molar-refractivity contribution < 1.29 is 57.1 Å². The Kier molecular flexibility index (Phi) is 20.9. The lowest BCUT2D eigenvalue weighted by Crippen LogP contribution is -2.41. The van der Waals surface area contributed by atoms with Crippen molar-refractivity contribution in [3.63, 3.8) is 0 Å². The molecule has 1 fully saturated rings. The summed E-state index contributed by atoms with van der Waals surface area (Å²) in [4.78, 5) is 54.5. The van der Waals surface area contributed by atoms with E-state index in [1.165, 1.54) is 0 Å². The van der Waals surface area contributed by atoms with Gasteiger partial charge in [-0.1, -0.05) is 53.4 Å². The predicted molar refractivity (Wildman–Crippen MR) is 164 cm³/mol. The van der Waals surface area contributed by atoms with Crippen LogP contribution in [0.5, 0.6) is 0 Å². The molecular formula is C33H58O12. The smallest absolute Gasteiger partial charge is 0.313 e. The molecule has 1 saturated carbocycles. The summed E-state index contributed by atoms with van der Waals surface area (Å²) in [6, 6.07) is 0. The number of hydrogen-bond donors (Lipinski definition) is 0. The Balaban J connectivity index is 3.37. The quantitative estimate of drug-likeness (QED) is 0.0551. The summed E-state index contributed by atoms with van der Waals surface area (Å²) in [7, 11) is 0. The first-order valence-electron chi connectivity index (χ1n) is 16.8. The lowest BCUT2D eigenvalue weighted by atomic mass is 9.86. The molecule has 0 saturated heterocycles. The zero-order valence-electron chi connectivity index (χ0n) is 28.7. The van der Waals surface area contributed by atoms with Crippen LogP contribution in [0.3, 0.4) is 0 Å². The standard InChI is InChI=1S/C33H58O12/c1-9-13-17-38-22(5)42-30(34)26-21-27(31(35)43-23(6)39-18-14-10-2)29(33(37)45-25(8)41-20-16-12-4)28(26)32(36)44-24(7)40-19-15-11-3/h22-29H,9-21H2,1-8H3. The van der Waals surface area contributed by atoms with E-state index in [-0.39, 0.29) is 6.42 Å². The van der Waals surface area contributed by atoms with Gasteiger partial charge >= 0.3 is 23.9 Å². The van der Waals surface area contributed by atoms with Crippen molar-refractivity contribution in [1.82, 2.24) is 0 Å². The fourth-order valence-electron chi connectivity index (χ4n) is 4.87. The van der Waals surface area contributed by atoms with Crippen molar-refractivity contribution in [1.29, 1.82) is 0 Å². The van der Waals surface area contributed by atoms with Crippen LogP contribution in [0.2, 0.25) is 0 Å². The van der Waals surface area contributed by atoms with Crippen LogP contribution in [0, 0.1) is 23.7 Å². The molecule has 0 radical (unpaired) electrons. The summed E-state index contributed by atoms with van der Waals surface area (Å²) in [5.74, 6) is -8.64. The van der Waals surface area contributed by atoms with Crippen molar-refractivity contribution >= 4 is 23.9 Å². The second-order valence-electron chi connectivity index (χ2n) is 11.4. The molecule has 12 heteroatoms. The van der Waals surface area contributed by atoms with Gasteiger partial charge in [-0.05, 0) is 59.8 Å². The number of esters is 4. The van der Waals surface area contributed by atoms with Crippen molar-refractivity contribution in [3.8, 4) is 0 Å². The number of unbranched alkanes of at least 4 members (excludes halogenated alkanes) is 4. The number of hydrogen-bond acceptors (Lipinski definition) is 12. The Morgan fingerprint density at radius 2 is 0.711 bits per heavy atom. The summed E-state index contributed by atoms with van der Waals surface area (Å²) in [6.45, 7) is 15.7. The average molecular weight is 647 g/mol. The van der Waals surface area contributed by atoms with E-state index >= 15 is 0 Å². The van der Waals surface area contributed by atoms with E-state index in [0.29, 0.717) is 26.4 Å². The van der Waals surface area contributed by atoms with Gasteiger partial charge in [0, 0.05) is 0 Å². The first-order chi connectivity index (χ1) is 21.5. The topological polar surface area (TPSA) is 142 Å². The molecule has 0 bridgehead atoms. The SMILES string of the molecule is CCCCOC(C)OC(=O)C1CC(C(=O)OC(C)OCCCC)C(C(=O)OC(C)OCCCC)C1C(=O)OC(C)OCCCC. The van der Waals surface area contributed by atoms with Crippen LogP contribution >= 0.6 is 0 Å². The molecule has 8 atom stereocenters. The Morgan fingerprint density at radius 1 is 0.467 bits per heavy atom. The Bertz CT molecular complexity index is 797. The fourth-order valence-corrected chi connectivity index (χ4v) is 4.87. The first kappa shape index (κ1) is 40.7. The Hall–Kier alpha value is -2.28. The van der Waals surface area contributed by atoms with E-state index in [0.717, 1.165) is 51.4 Å². The summed E-state index contributed by atoms with van der Waals surface area (Å²) < 4.78 is 44.6. The van der Waals surface area contributed by atoms with Gasteiger partial charge in [-0.2, -0.15) is 0 Å². The number of carbonyl (C=O) groups is 4. The largest absolute Gasteiger partial charge is 0.436 e. The van der Waals surface area contributed by atoms with Crippen LogP contribution < -0.4 is 0 Å². The predicted octanol–water partition coefficient (Wildman–Crippen LogP) is 5.68. The van der Waals surface area contributed by atoms with Gasteiger partial charge in [-0.3, -0.25) is 19.2 Å². The minimum atomic E-state index is -1.42. The molecule has 0 aromatic carbocycles. The van der Waals surface area contributed by atoms with Crippen LogP contribution in [0.25, 0.3) is 0 Å². The average Bonchev–Trinajstić information content (AvgIpc) is 3.39. The minimum absolute atomic E-state index is 0.212. The molecule has 0 aliphatic heterocycles. The summed E-state index contributed by atoms with van der Waals surface area (Å²) in [5, 5.41) is 0. The maximum atomic E-state index is 13.7. The molecule has 0 N–H and O–H groups in total. The number of carbonyl (C=O) groups excluding carboxylic acids is 4. The Labute approximate surface area is 269 Å². The molecule has 1 aliphatic rings. The van der Waals surface area contributed by atoms with E-state index < -0.39 is 72.7 Å². The van der Waals surface area contributed by atoms with Crippen molar-refractivity contribution in [2.75, 3.05) is 26.4 Å². The molecule has 1 rings (SSSR count). The molecule has 0 spiro atoms. The van der Waals surface area contributed by atoms with Gasteiger partial charge in [0.15, 0.2) is 25.2 Å². The molecule has 45 heavy (non-hydrogen) atoms. The third-order valence-electron chi connectivity index (χ3n) is 7.44. The Morgan fingerprint density at radius 3 is 0.956 bits per heavy atom. The van der Waals surface area contributed by atoms with Gasteiger partial charge < -0.3 is 37.9 Å². The lowest BCUT2D eigenvalue weighted by molar-refractivity contribution is -0.199. The molecule has 1 aliphatic carbocycles. The van der Waals surface area contributed by atoms with Crippen LogP contribution in [0.4, 0.5) is 0 Å². The highest BCUT2D eigenvalue weighted by atomic mass is 16.7. The fraction of sp³-hybridized carbons (Fsp3) is 0.879. The van der Waals surface area contributed by atoms with Gasteiger partial charge in [0.1, 0.15) is 0 Å². The highest BCUT2D eigenvalue weighted by molar-refractivity contribution is 5.93. The second kappa shape index (κ2) is 23.1. The maximum absolute atomic E-state index is 13.7. The maximum Gasteiger partial charge on any atom is 0.313 e. The number of ether oxygens (including phenoxy) is 8. The van der Waals surface area contributed by atoms with Crippen LogP contribution in [-0.2, 0) is 57.1 Å². The van der Waals surface area contributed by atoms with Gasteiger partial charge in [0.2, 0.25) is 0 Å². The molecule has 0 amide bonds. The summed E-state index contributed by atoms with van der Waals surface area (Å²) in [6.07, 6.45) is 2.67. The van der Waals surface area contributed by atoms with Crippen molar-refractivity contribution in [3.05, 3.63) is 0 Å². The first-order valence-corrected chi connectivity index (χ1v) is 16.8. The second-order valence-corrected chi connectivity index (χ2v) is 11.4. The van der Waals surface area contributed by atoms with E-state index in [1.807, 2.05) is 27.7 Å². The molecule has 8 unspecified atom stereocenters.